The van der Waals surface area contributed by atoms with Gasteiger partial charge in [-0.3, -0.25) is 4.68 Å². The number of aromatic nitrogens is 4. The number of nitrogens with zero attached hydrogens (tertiary/aromatic N) is 4. The summed E-state index contributed by atoms with van der Waals surface area (Å²) in [6.07, 6.45) is 1.55. The zero-order chi connectivity index (χ0) is 21.3. The molecule has 2 heterocycles. The van der Waals surface area contributed by atoms with Crippen LogP contribution in [0.1, 0.15) is 20.3 Å². The van der Waals surface area contributed by atoms with Gasteiger partial charge in [0.1, 0.15) is 5.75 Å². The van der Waals surface area contributed by atoms with E-state index in [9.17, 15) is 9.90 Å². The van der Waals surface area contributed by atoms with E-state index >= 15 is 0 Å². The molecule has 0 bridgehead atoms. The van der Waals surface area contributed by atoms with Crippen molar-refractivity contribution in [2.24, 2.45) is 0 Å². The van der Waals surface area contributed by atoms with Crippen molar-refractivity contribution in [2.45, 2.75) is 32.9 Å². The molecule has 0 fully saturated rings. The number of ether oxygens (including phenoxy) is 1. The molecule has 0 N–H and O–H groups in total. The monoisotopic (exact) mass is 448 g/mol. The van der Waals surface area contributed by atoms with Gasteiger partial charge in [0.25, 0.3) is 5.89 Å². The minimum atomic E-state index is -1.12. The van der Waals surface area contributed by atoms with Gasteiger partial charge in [0, 0.05) is 35.4 Å². The first-order valence-electron chi connectivity index (χ1n) is 9.37. The van der Waals surface area contributed by atoms with Crippen LogP contribution in [0.4, 0.5) is 0 Å². The van der Waals surface area contributed by atoms with Crippen molar-refractivity contribution in [2.75, 3.05) is 0 Å². The van der Waals surface area contributed by atoms with Gasteiger partial charge in [-0.1, -0.05) is 28.9 Å². The number of aryl methyl sites for hydroxylation is 1. The van der Waals surface area contributed by atoms with Crippen molar-refractivity contribution >= 4 is 28.5 Å². The van der Waals surface area contributed by atoms with Crippen LogP contribution in [0.3, 0.4) is 0 Å². The molecule has 0 aliphatic rings. The first kappa shape index (κ1) is 23.3. The number of halogens is 1. The van der Waals surface area contributed by atoms with E-state index in [1.165, 1.54) is 0 Å². The molecule has 0 spiro atoms. The molecule has 2 aromatic carbocycles. The predicted octanol–water partition coefficient (Wildman–Crippen LogP) is 0.338. The molecule has 0 unspecified atom stereocenters. The standard InChI is InChI=1S/C21H19ClN4O4.Na/c1-12(2)29-18-7-6-13(10-16(18)22)21-24-20(25-30-21)14-4-3-5-17-15(14)11-23-26(17)9-8-19(27)28;/h3-7,10-12H,8-9H2,1-2H3,(H,27,28);/q;+1/p-1. The summed E-state index contributed by atoms with van der Waals surface area (Å²) in [7, 11) is 0. The molecule has 31 heavy (non-hydrogen) atoms. The topological polar surface area (TPSA) is 106 Å². The molecule has 0 aliphatic carbocycles. The van der Waals surface area contributed by atoms with Crippen molar-refractivity contribution in [3.05, 3.63) is 47.6 Å². The Morgan fingerprint density at radius 1 is 1.29 bits per heavy atom. The summed E-state index contributed by atoms with van der Waals surface area (Å²) in [4.78, 5) is 15.2. The summed E-state index contributed by atoms with van der Waals surface area (Å²) in [5.41, 5.74) is 2.18. The van der Waals surface area contributed by atoms with Crippen LogP contribution in [0.25, 0.3) is 33.7 Å². The third-order valence-corrected chi connectivity index (χ3v) is 4.72. The third-order valence-electron chi connectivity index (χ3n) is 4.42. The Kier molecular flexibility index (Phi) is 7.38. The molecule has 154 valence electrons. The van der Waals surface area contributed by atoms with Crippen LogP contribution in [0.15, 0.2) is 47.1 Å². The van der Waals surface area contributed by atoms with E-state index in [0.29, 0.717) is 28.1 Å². The predicted molar refractivity (Wildman–Crippen MR) is 109 cm³/mol. The zero-order valence-electron chi connectivity index (χ0n) is 17.3. The van der Waals surface area contributed by atoms with Gasteiger partial charge in [-0.2, -0.15) is 10.1 Å². The fourth-order valence-electron chi connectivity index (χ4n) is 3.11. The van der Waals surface area contributed by atoms with E-state index in [4.69, 9.17) is 20.9 Å². The van der Waals surface area contributed by atoms with Crippen molar-refractivity contribution in [3.8, 4) is 28.6 Å². The van der Waals surface area contributed by atoms with E-state index in [2.05, 4.69) is 15.2 Å². The largest absolute Gasteiger partial charge is 1.00 e. The Balaban J connectivity index is 0.00000272. The van der Waals surface area contributed by atoms with Gasteiger partial charge in [0.15, 0.2) is 0 Å². The number of carbonyl (C=O) groups excluding carboxylic acids is 1. The molecule has 0 aliphatic heterocycles. The summed E-state index contributed by atoms with van der Waals surface area (Å²) in [5, 5.41) is 20.4. The van der Waals surface area contributed by atoms with Crippen molar-refractivity contribution in [3.63, 3.8) is 0 Å². The molecule has 8 nitrogen and oxygen atoms in total. The van der Waals surface area contributed by atoms with Crippen LogP contribution in [-0.2, 0) is 11.3 Å². The van der Waals surface area contributed by atoms with Crippen molar-refractivity contribution < 1.29 is 48.7 Å². The Hall–Kier alpha value is -2.39. The molecular weight excluding hydrogens is 431 g/mol. The zero-order valence-corrected chi connectivity index (χ0v) is 20.1. The average Bonchev–Trinajstić information content (AvgIpc) is 3.34. The SMILES string of the molecule is CC(C)Oc1ccc(-c2nc(-c3cccc4c3cnn4CCC(=O)[O-])no2)cc1Cl.[Na+]. The molecule has 4 aromatic rings. The molecule has 0 radical (unpaired) electrons. The molecule has 0 saturated carbocycles. The van der Waals surface area contributed by atoms with Gasteiger partial charge in [0.05, 0.1) is 22.8 Å². The maximum atomic E-state index is 10.8. The minimum absolute atomic E-state index is 0. The second-order valence-corrected chi connectivity index (χ2v) is 7.37. The van der Waals surface area contributed by atoms with Gasteiger partial charge >= 0.3 is 29.6 Å². The molecule has 2 aromatic heterocycles. The van der Waals surface area contributed by atoms with Gasteiger partial charge in [-0.15, -0.1) is 0 Å². The summed E-state index contributed by atoms with van der Waals surface area (Å²) >= 11 is 6.31. The molecule has 0 amide bonds. The van der Waals surface area contributed by atoms with E-state index in [0.717, 1.165) is 16.5 Å². The Morgan fingerprint density at radius 2 is 2.10 bits per heavy atom. The summed E-state index contributed by atoms with van der Waals surface area (Å²) < 4.78 is 12.7. The molecule has 4 rings (SSSR count). The molecule has 10 heteroatoms. The number of carboxylic acid groups (broad SMARTS) is 1. The summed E-state index contributed by atoms with van der Waals surface area (Å²) in [5.74, 6) is 0.183. The number of hydrogen-bond acceptors (Lipinski definition) is 7. The van der Waals surface area contributed by atoms with Gasteiger partial charge < -0.3 is 19.2 Å². The molecular formula is C21H18ClN4NaO4. The van der Waals surface area contributed by atoms with Crippen LogP contribution in [0.5, 0.6) is 5.75 Å². The van der Waals surface area contributed by atoms with E-state index in [1.54, 1.807) is 29.1 Å². The number of fused-ring (bicyclic) bond motifs is 1. The number of hydrogen-bond donors (Lipinski definition) is 0. The van der Waals surface area contributed by atoms with Gasteiger partial charge in [-0.05, 0) is 38.1 Å². The number of benzene rings is 2. The van der Waals surface area contributed by atoms with Crippen molar-refractivity contribution in [1.29, 1.82) is 0 Å². The Labute approximate surface area is 205 Å². The Bertz CT molecular complexity index is 1220. The molecule has 0 atom stereocenters. The first-order chi connectivity index (χ1) is 14.4. The van der Waals surface area contributed by atoms with E-state index < -0.39 is 5.97 Å². The maximum absolute atomic E-state index is 10.8. The second kappa shape index (κ2) is 9.82. The van der Waals surface area contributed by atoms with Crippen LogP contribution in [0.2, 0.25) is 5.02 Å². The van der Waals surface area contributed by atoms with Crippen molar-refractivity contribution in [1.82, 2.24) is 19.9 Å². The third kappa shape index (κ3) is 5.10. The van der Waals surface area contributed by atoms with E-state index in [1.807, 2.05) is 32.0 Å². The first-order valence-corrected chi connectivity index (χ1v) is 9.75. The second-order valence-electron chi connectivity index (χ2n) is 6.96. The fourth-order valence-corrected chi connectivity index (χ4v) is 3.33. The number of aliphatic carboxylic acids is 1. The van der Waals surface area contributed by atoms with Crippen LogP contribution in [-0.4, -0.2) is 32.0 Å². The quantitative estimate of drug-likeness (QED) is 0.375. The van der Waals surface area contributed by atoms with Gasteiger partial charge in [0.2, 0.25) is 5.82 Å². The van der Waals surface area contributed by atoms with Gasteiger partial charge in [-0.25, -0.2) is 0 Å². The minimum Gasteiger partial charge on any atom is -0.550 e. The van der Waals surface area contributed by atoms with E-state index in [-0.39, 0.29) is 48.6 Å². The number of carbonyl (C=O) groups is 1. The van der Waals surface area contributed by atoms with Crippen LogP contribution < -0.4 is 39.4 Å². The maximum Gasteiger partial charge on any atom is 1.00 e. The number of carboxylic acids is 1. The number of rotatable bonds is 7. The fraction of sp³-hybridized carbons (Fsp3) is 0.238. The average molecular weight is 449 g/mol. The van der Waals surface area contributed by atoms with Crippen LogP contribution in [0, 0.1) is 0 Å². The summed E-state index contributed by atoms with van der Waals surface area (Å²) in [6.45, 7) is 4.07. The smallest absolute Gasteiger partial charge is 0.550 e. The summed E-state index contributed by atoms with van der Waals surface area (Å²) in [6, 6.07) is 10.8. The van der Waals surface area contributed by atoms with Crippen LogP contribution >= 0.6 is 11.6 Å². The normalized spacial score (nSPS) is 11.0. The Morgan fingerprint density at radius 3 is 2.81 bits per heavy atom. The molecule has 0 saturated heterocycles.